The summed E-state index contributed by atoms with van der Waals surface area (Å²) in [4.78, 5) is 13.8. The number of aliphatic hydroxyl groups is 1. The molecule has 0 saturated carbocycles. The molecule has 7 nitrogen and oxygen atoms in total. The van der Waals surface area contributed by atoms with Crippen molar-refractivity contribution in [3.63, 3.8) is 0 Å². The number of rotatable bonds is 5. The van der Waals surface area contributed by atoms with Crippen LogP contribution in [0.25, 0.3) is 10.9 Å². The molecule has 0 amide bonds. The molecule has 3 rings (SSSR count). The Kier molecular flexibility index (Phi) is 4.71. The minimum Gasteiger partial charge on any atom is -0.495 e. The molecule has 25 heavy (non-hydrogen) atoms. The molecule has 0 radical (unpaired) electrons. The van der Waals surface area contributed by atoms with Crippen LogP contribution >= 0.6 is 0 Å². The van der Waals surface area contributed by atoms with Crippen molar-refractivity contribution in [1.82, 2.24) is 14.7 Å². The van der Waals surface area contributed by atoms with E-state index >= 15 is 0 Å². The fourth-order valence-corrected chi connectivity index (χ4v) is 3.59. The Bertz CT molecular complexity index is 758. The molecule has 2 heterocycles. The van der Waals surface area contributed by atoms with Gasteiger partial charge in [-0.2, -0.15) is 5.10 Å². The third kappa shape index (κ3) is 3.48. The van der Waals surface area contributed by atoms with Crippen molar-refractivity contribution in [2.75, 3.05) is 25.9 Å². The van der Waals surface area contributed by atoms with Crippen molar-refractivity contribution in [2.24, 2.45) is 5.92 Å². The summed E-state index contributed by atoms with van der Waals surface area (Å²) in [6.07, 6.45) is 4.01. The number of likely N-dealkylation sites (tertiary alicyclic amines) is 1. The van der Waals surface area contributed by atoms with E-state index in [1.165, 1.54) is 0 Å². The van der Waals surface area contributed by atoms with Crippen LogP contribution in [0.4, 0.5) is 5.69 Å². The molecule has 0 aliphatic carbocycles. The number of hydrogen-bond donors (Lipinski definition) is 2. The number of carbonyl (C=O) groups excluding carboxylic acids is 1. The highest BCUT2D eigenvalue weighted by atomic mass is 16.5. The van der Waals surface area contributed by atoms with Crippen LogP contribution in [0.15, 0.2) is 18.3 Å². The van der Waals surface area contributed by atoms with Gasteiger partial charge in [-0.05, 0) is 38.7 Å². The van der Waals surface area contributed by atoms with Crippen LogP contribution in [0, 0.1) is 5.92 Å². The number of aromatic nitrogens is 2. The van der Waals surface area contributed by atoms with E-state index in [1.807, 2.05) is 20.0 Å². The van der Waals surface area contributed by atoms with Crippen molar-refractivity contribution in [1.29, 1.82) is 0 Å². The molecule has 3 N–H and O–H groups in total. The highest BCUT2D eigenvalue weighted by Gasteiger charge is 2.33. The van der Waals surface area contributed by atoms with Gasteiger partial charge in [0.25, 0.3) is 0 Å². The Morgan fingerprint density at radius 1 is 1.40 bits per heavy atom. The molecule has 2 aromatic rings. The van der Waals surface area contributed by atoms with Crippen LogP contribution in [0.2, 0.25) is 0 Å². The van der Waals surface area contributed by atoms with Gasteiger partial charge < -0.3 is 15.6 Å². The zero-order chi connectivity index (χ0) is 18.2. The fourth-order valence-electron chi connectivity index (χ4n) is 3.59. The lowest BCUT2D eigenvalue weighted by atomic mass is 9.83. The molecular formula is C18H26N4O3. The molecule has 1 aromatic carbocycles. The van der Waals surface area contributed by atoms with Crippen LogP contribution in [-0.2, 0) is 4.79 Å². The summed E-state index contributed by atoms with van der Waals surface area (Å²) >= 11 is 0. The Morgan fingerprint density at radius 3 is 2.64 bits per heavy atom. The molecule has 136 valence electrons. The minimum absolute atomic E-state index is 0.247. The summed E-state index contributed by atoms with van der Waals surface area (Å²) in [5, 5.41) is 15.6. The van der Waals surface area contributed by atoms with Gasteiger partial charge in [-0.1, -0.05) is 0 Å². The average Bonchev–Trinajstić information content (AvgIpc) is 2.96. The Labute approximate surface area is 147 Å². The van der Waals surface area contributed by atoms with E-state index in [9.17, 15) is 9.90 Å². The fraction of sp³-hybridized carbons (Fsp3) is 0.556. The summed E-state index contributed by atoms with van der Waals surface area (Å²) in [7, 11) is 1.57. The molecule has 0 bridgehead atoms. The van der Waals surface area contributed by atoms with E-state index in [4.69, 9.17) is 10.5 Å². The summed E-state index contributed by atoms with van der Waals surface area (Å²) in [5.74, 6) is 0.822. The standard InChI is InChI=1S/C18H26N4O3/c1-18(2,24)13-4-6-21(7-5-13)17(11-23)22-10-12-8-14(19)16(25-3)9-15(12)20-22/h8-11,13,17,24H,4-7,19H2,1-3H3. The number of nitrogens with zero attached hydrogens (tertiary/aromatic N) is 3. The molecule has 1 aromatic heterocycles. The highest BCUT2D eigenvalue weighted by Crippen LogP contribution is 2.31. The van der Waals surface area contributed by atoms with Crippen LogP contribution in [0.5, 0.6) is 5.75 Å². The number of nitrogen functional groups attached to an aromatic ring is 1. The van der Waals surface area contributed by atoms with Gasteiger partial charge in [0.15, 0.2) is 12.5 Å². The van der Waals surface area contributed by atoms with Crippen molar-refractivity contribution in [2.45, 2.75) is 38.5 Å². The quantitative estimate of drug-likeness (QED) is 0.633. The predicted molar refractivity (Wildman–Crippen MR) is 96.4 cm³/mol. The first kappa shape index (κ1) is 17.7. The lowest BCUT2D eigenvalue weighted by Crippen LogP contribution is -2.45. The molecule has 0 spiro atoms. The van der Waals surface area contributed by atoms with Crippen molar-refractivity contribution >= 4 is 22.9 Å². The van der Waals surface area contributed by atoms with Crippen molar-refractivity contribution in [3.05, 3.63) is 18.3 Å². The molecule has 1 atom stereocenters. The number of aldehydes is 1. The maximum absolute atomic E-state index is 11.7. The topological polar surface area (TPSA) is 93.6 Å². The molecule has 1 saturated heterocycles. The lowest BCUT2D eigenvalue weighted by Gasteiger charge is -2.39. The van der Waals surface area contributed by atoms with Gasteiger partial charge in [-0.25, -0.2) is 4.68 Å². The van der Waals surface area contributed by atoms with E-state index < -0.39 is 11.8 Å². The summed E-state index contributed by atoms with van der Waals surface area (Å²) < 4.78 is 6.91. The number of hydrogen-bond acceptors (Lipinski definition) is 6. The first-order chi connectivity index (χ1) is 11.8. The zero-order valence-corrected chi connectivity index (χ0v) is 15.0. The second-order valence-corrected chi connectivity index (χ2v) is 7.28. The maximum atomic E-state index is 11.7. The van der Waals surface area contributed by atoms with E-state index in [0.717, 1.165) is 43.1 Å². The number of ether oxygens (including phenoxy) is 1. The van der Waals surface area contributed by atoms with E-state index in [1.54, 1.807) is 23.9 Å². The number of carbonyl (C=O) groups is 1. The largest absolute Gasteiger partial charge is 0.495 e. The molecule has 1 aliphatic heterocycles. The van der Waals surface area contributed by atoms with E-state index in [-0.39, 0.29) is 5.92 Å². The molecule has 1 unspecified atom stereocenters. The second kappa shape index (κ2) is 6.65. The molecule has 7 heteroatoms. The second-order valence-electron chi connectivity index (χ2n) is 7.28. The lowest BCUT2D eigenvalue weighted by molar-refractivity contribution is -0.117. The number of methoxy groups -OCH3 is 1. The maximum Gasteiger partial charge on any atom is 0.160 e. The monoisotopic (exact) mass is 346 g/mol. The first-order valence-corrected chi connectivity index (χ1v) is 8.57. The van der Waals surface area contributed by atoms with Gasteiger partial charge in [-0.15, -0.1) is 0 Å². The van der Waals surface area contributed by atoms with Crippen LogP contribution in [-0.4, -0.2) is 51.9 Å². The first-order valence-electron chi connectivity index (χ1n) is 8.57. The average molecular weight is 346 g/mol. The van der Waals surface area contributed by atoms with E-state index in [2.05, 4.69) is 10.00 Å². The summed E-state index contributed by atoms with van der Waals surface area (Å²) in [5.41, 5.74) is 6.55. The third-order valence-electron chi connectivity index (χ3n) is 5.17. The molecule has 1 fully saturated rings. The molecule has 1 aliphatic rings. The van der Waals surface area contributed by atoms with Gasteiger partial charge >= 0.3 is 0 Å². The van der Waals surface area contributed by atoms with Gasteiger partial charge in [0.1, 0.15) is 5.75 Å². The molecular weight excluding hydrogens is 320 g/mol. The van der Waals surface area contributed by atoms with Crippen LogP contribution in [0.1, 0.15) is 32.9 Å². The Morgan fingerprint density at radius 2 is 2.08 bits per heavy atom. The van der Waals surface area contributed by atoms with Gasteiger partial charge in [-0.3, -0.25) is 9.69 Å². The van der Waals surface area contributed by atoms with Gasteiger partial charge in [0.2, 0.25) is 0 Å². The number of nitrogens with two attached hydrogens (primary N) is 1. The summed E-state index contributed by atoms with van der Waals surface area (Å²) in [6, 6.07) is 3.59. The van der Waals surface area contributed by atoms with Crippen molar-refractivity contribution < 1.29 is 14.6 Å². The van der Waals surface area contributed by atoms with Crippen LogP contribution in [0.3, 0.4) is 0 Å². The zero-order valence-electron chi connectivity index (χ0n) is 15.0. The van der Waals surface area contributed by atoms with Crippen molar-refractivity contribution in [3.8, 4) is 5.75 Å². The summed E-state index contributed by atoms with van der Waals surface area (Å²) in [6.45, 7) is 5.20. The Balaban J connectivity index is 1.82. The number of benzene rings is 1. The van der Waals surface area contributed by atoms with Gasteiger partial charge in [0.05, 0.1) is 23.9 Å². The predicted octanol–water partition coefficient (Wildman–Crippen LogP) is 1.81. The minimum atomic E-state index is -0.683. The van der Waals surface area contributed by atoms with Gasteiger partial charge in [0, 0.05) is 30.7 Å². The third-order valence-corrected chi connectivity index (χ3v) is 5.17. The number of fused-ring (bicyclic) bond motifs is 1. The number of piperidine rings is 1. The Hall–Kier alpha value is -2.12. The smallest absolute Gasteiger partial charge is 0.160 e. The van der Waals surface area contributed by atoms with Crippen LogP contribution < -0.4 is 10.5 Å². The normalized spacial score (nSPS) is 18.4. The highest BCUT2D eigenvalue weighted by molar-refractivity contribution is 5.85. The number of anilines is 1. The van der Waals surface area contributed by atoms with E-state index in [0.29, 0.717) is 11.4 Å². The SMILES string of the molecule is COc1cc2nn(C(C=O)N3CCC(C(C)(C)O)CC3)cc2cc1N.